The van der Waals surface area contributed by atoms with Gasteiger partial charge in [-0.15, -0.1) is 0 Å². The second kappa shape index (κ2) is 20.1. The van der Waals surface area contributed by atoms with E-state index in [2.05, 4.69) is 0 Å². The Morgan fingerprint density at radius 2 is 1.49 bits per heavy atom. The molecule has 0 radical (unpaired) electrons. The van der Waals surface area contributed by atoms with Crippen molar-refractivity contribution in [3.05, 3.63) is 30.3 Å². The Morgan fingerprint density at radius 1 is 0.897 bits per heavy atom. The van der Waals surface area contributed by atoms with Crippen molar-refractivity contribution >= 4 is 17.4 Å². The van der Waals surface area contributed by atoms with Gasteiger partial charge in [-0.1, -0.05) is 58.7 Å². The van der Waals surface area contributed by atoms with Crippen LogP contribution in [0.15, 0.2) is 30.3 Å². The number of rotatable bonds is 17. The number of ether oxygens (including phenoxy) is 3. The lowest BCUT2D eigenvalue weighted by Crippen LogP contribution is -2.60. The van der Waals surface area contributed by atoms with Gasteiger partial charge in [0.25, 0.3) is 0 Å². The Kier molecular flexibility index (Phi) is 18.1. The number of hydrogen-bond donors (Lipinski definition) is 3. The fraction of sp³-hybridized carbons (Fsp3) is 0.733. The van der Waals surface area contributed by atoms with Crippen LogP contribution in [-0.4, -0.2) is 84.6 Å². The molecule has 1 aliphatic rings. The maximum absolute atomic E-state index is 12.3. The molecular formula is C30H51NO8. The summed E-state index contributed by atoms with van der Waals surface area (Å²) in [6.07, 6.45) is 0.0636. The number of para-hydroxylation sites is 1. The molecule has 2 unspecified atom stereocenters. The summed E-state index contributed by atoms with van der Waals surface area (Å²) in [5.41, 5.74) is 0.858. The third-order valence-corrected chi connectivity index (χ3v) is 6.68. The normalized spacial score (nSPS) is 22.7. The van der Waals surface area contributed by atoms with E-state index in [1.54, 1.807) is 11.9 Å². The summed E-state index contributed by atoms with van der Waals surface area (Å²) >= 11 is 0. The van der Waals surface area contributed by atoms with Gasteiger partial charge in [0, 0.05) is 44.7 Å². The lowest BCUT2D eigenvalue weighted by Gasteiger charge is -2.41. The SMILES string of the molecule is CC.CC(C)C(=O)CCCCCO[C@@H]1C(CO)O[C@H](OCCCCCC(=O)N(C)c2ccccc2)C(O)[C@@H]1O. The topological polar surface area (TPSA) is 126 Å². The summed E-state index contributed by atoms with van der Waals surface area (Å²) < 4.78 is 17.1. The van der Waals surface area contributed by atoms with E-state index >= 15 is 0 Å². The molecule has 224 valence electrons. The number of benzene rings is 1. The smallest absolute Gasteiger partial charge is 0.226 e. The van der Waals surface area contributed by atoms with Gasteiger partial charge in [-0.05, 0) is 37.8 Å². The van der Waals surface area contributed by atoms with Crippen molar-refractivity contribution < 1.29 is 39.1 Å². The first-order valence-electron chi connectivity index (χ1n) is 14.5. The summed E-state index contributed by atoms with van der Waals surface area (Å²) in [6, 6.07) is 9.48. The third kappa shape index (κ3) is 12.4. The van der Waals surface area contributed by atoms with E-state index in [0.29, 0.717) is 38.7 Å². The van der Waals surface area contributed by atoms with Crippen molar-refractivity contribution in [2.75, 3.05) is 31.8 Å². The molecule has 2 rings (SSSR count). The molecule has 0 aliphatic carbocycles. The van der Waals surface area contributed by atoms with Crippen molar-refractivity contribution in [1.29, 1.82) is 0 Å². The predicted octanol–water partition coefficient (Wildman–Crippen LogP) is 3.86. The average molecular weight is 554 g/mol. The Labute approximate surface area is 234 Å². The standard InChI is InChI=1S/C28H45NO8.C2H6/c1-20(2)22(31)15-9-5-11-17-35-27-23(19-30)37-28(26(34)25(27)33)36-18-12-6-10-16-24(32)29(3)21-13-7-4-8-14-21;1-2/h4,7-8,13-14,20,23,25-28,30,33-34H,5-6,9-12,15-19H2,1-3H3;1-2H3/t23?,25-,26?,27+,28-;/m0./s1. The molecule has 39 heavy (non-hydrogen) atoms. The van der Waals surface area contributed by atoms with E-state index < -0.39 is 30.7 Å². The van der Waals surface area contributed by atoms with Gasteiger partial charge < -0.3 is 34.4 Å². The molecule has 1 aliphatic heterocycles. The van der Waals surface area contributed by atoms with Crippen molar-refractivity contribution in [2.24, 2.45) is 5.92 Å². The molecule has 0 bridgehead atoms. The number of aliphatic hydroxyl groups excluding tert-OH is 3. The zero-order chi connectivity index (χ0) is 29.2. The molecule has 0 saturated carbocycles. The molecule has 1 fully saturated rings. The summed E-state index contributed by atoms with van der Waals surface area (Å²) in [4.78, 5) is 25.7. The largest absolute Gasteiger partial charge is 0.394 e. The minimum absolute atomic E-state index is 0.0437. The van der Waals surface area contributed by atoms with E-state index in [4.69, 9.17) is 14.2 Å². The highest BCUT2D eigenvalue weighted by Crippen LogP contribution is 2.25. The number of unbranched alkanes of at least 4 members (excludes halogenated alkanes) is 4. The van der Waals surface area contributed by atoms with E-state index in [9.17, 15) is 24.9 Å². The van der Waals surface area contributed by atoms with Gasteiger partial charge in [-0.25, -0.2) is 0 Å². The molecule has 1 amide bonds. The zero-order valence-electron chi connectivity index (χ0n) is 24.5. The minimum Gasteiger partial charge on any atom is -0.394 e. The molecule has 9 heteroatoms. The van der Waals surface area contributed by atoms with Crippen LogP contribution in [0.3, 0.4) is 0 Å². The highest BCUT2D eigenvalue weighted by molar-refractivity contribution is 5.92. The van der Waals surface area contributed by atoms with E-state index in [1.807, 2.05) is 58.0 Å². The van der Waals surface area contributed by atoms with E-state index in [0.717, 1.165) is 24.9 Å². The monoisotopic (exact) mass is 553 g/mol. The molecular weight excluding hydrogens is 502 g/mol. The van der Waals surface area contributed by atoms with Crippen LogP contribution in [0.4, 0.5) is 5.69 Å². The van der Waals surface area contributed by atoms with E-state index in [1.165, 1.54) is 0 Å². The fourth-order valence-corrected chi connectivity index (χ4v) is 4.20. The lowest BCUT2D eigenvalue weighted by atomic mass is 9.99. The van der Waals surface area contributed by atoms with Gasteiger partial charge in [0.1, 0.15) is 30.2 Å². The molecule has 1 aromatic carbocycles. The average Bonchev–Trinajstić information content (AvgIpc) is 2.96. The molecule has 0 aromatic heterocycles. The zero-order valence-corrected chi connectivity index (χ0v) is 24.5. The van der Waals surface area contributed by atoms with Gasteiger partial charge in [0.05, 0.1) is 6.61 Å². The van der Waals surface area contributed by atoms with Crippen molar-refractivity contribution in [1.82, 2.24) is 0 Å². The van der Waals surface area contributed by atoms with Gasteiger partial charge >= 0.3 is 0 Å². The van der Waals surface area contributed by atoms with Gasteiger partial charge in [0.2, 0.25) is 5.91 Å². The number of ketones is 1. The molecule has 3 N–H and O–H groups in total. The number of amides is 1. The Balaban J connectivity index is 0.00000371. The molecule has 1 saturated heterocycles. The Morgan fingerprint density at radius 3 is 2.08 bits per heavy atom. The van der Waals surface area contributed by atoms with Crippen LogP contribution in [0.25, 0.3) is 0 Å². The number of hydrogen-bond acceptors (Lipinski definition) is 8. The summed E-state index contributed by atoms with van der Waals surface area (Å²) in [5.74, 6) is 0.335. The second-order valence-electron chi connectivity index (χ2n) is 9.94. The number of aliphatic hydroxyl groups is 3. The van der Waals surface area contributed by atoms with Crippen LogP contribution in [0.5, 0.6) is 0 Å². The van der Waals surface area contributed by atoms with Crippen molar-refractivity contribution in [3.8, 4) is 0 Å². The number of nitrogens with zero attached hydrogens (tertiary/aromatic N) is 1. The van der Waals surface area contributed by atoms with Gasteiger partial charge in [-0.2, -0.15) is 0 Å². The third-order valence-electron chi connectivity index (χ3n) is 6.68. The van der Waals surface area contributed by atoms with Gasteiger partial charge in [-0.3, -0.25) is 9.59 Å². The second-order valence-corrected chi connectivity index (χ2v) is 9.94. The minimum atomic E-state index is -1.31. The number of Topliss-reactive ketones (excluding diaryl/α,β-unsaturated/α-hetero) is 1. The first-order chi connectivity index (χ1) is 18.8. The van der Waals surface area contributed by atoms with Crippen LogP contribution in [0.2, 0.25) is 0 Å². The number of carbonyl (C=O) groups excluding carboxylic acids is 2. The number of anilines is 1. The molecule has 0 spiro atoms. The fourth-order valence-electron chi connectivity index (χ4n) is 4.20. The quantitative estimate of drug-likeness (QED) is 0.248. The molecule has 1 heterocycles. The van der Waals surface area contributed by atoms with Gasteiger partial charge in [0.15, 0.2) is 6.29 Å². The van der Waals surface area contributed by atoms with Crippen LogP contribution in [0, 0.1) is 5.92 Å². The van der Waals surface area contributed by atoms with E-state index in [-0.39, 0.29) is 30.8 Å². The summed E-state index contributed by atoms with van der Waals surface area (Å²) in [7, 11) is 1.76. The van der Waals surface area contributed by atoms with Crippen LogP contribution < -0.4 is 4.90 Å². The predicted molar refractivity (Wildman–Crippen MR) is 151 cm³/mol. The van der Waals surface area contributed by atoms with Crippen LogP contribution >= 0.6 is 0 Å². The highest BCUT2D eigenvalue weighted by Gasteiger charge is 2.45. The van der Waals surface area contributed by atoms with Crippen LogP contribution in [-0.2, 0) is 23.8 Å². The van der Waals surface area contributed by atoms with Crippen molar-refractivity contribution in [3.63, 3.8) is 0 Å². The lowest BCUT2D eigenvalue weighted by molar-refractivity contribution is -0.307. The first kappa shape index (κ1) is 35.1. The summed E-state index contributed by atoms with van der Waals surface area (Å²) in [5, 5.41) is 30.8. The maximum Gasteiger partial charge on any atom is 0.226 e. The summed E-state index contributed by atoms with van der Waals surface area (Å²) in [6.45, 7) is 8.02. The highest BCUT2D eigenvalue weighted by atomic mass is 16.7. The Hall–Kier alpha value is -1.88. The van der Waals surface area contributed by atoms with Crippen molar-refractivity contribution in [2.45, 2.75) is 110 Å². The molecule has 1 aromatic rings. The number of carbonyl (C=O) groups is 2. The first-order valence-corrected chi connectivity index (χ1v) is 14.5. The molecule has 9 nitrogen and oxygen atoms in total. The maximum atomic E-state index is 12.3. The molecule has 5 atom stereocenters. The Bertz CT molecular complexity index is 788. The van der Waals surface area contributed by atoms with Crippen LogP contribution in [0.1, 0.15) is 79.1 Å².